The summed E-state index contributed by atoms with van der Waals surface area (Å²) in [5.74, 6) is -1.17. The molecule has 1 atom stereocenters. The third-order valence-electron chi connectivity index (χ3n) is 3.08. The van der Waals surface area contributed by atoms with Crippen molar-refractivity contribution in [2.75, 3.05) is 6.54 Å². The second-order valence-corrected chi connectivity index (χ2v) is 4.66. The van der Waals surface area contributed by atoms with E-state index in [1.165, 1.54) is 4.90 Å². The van der Waals surface area contributed by atoms with Gasteiger partial charge in [0.15, 0.2) is 0 Å². The van der Waals surface area contributed by atoms with Crippen LogP contribution in [0.3, 0.4) is 0 Å². The van der Waals surface area contributed by atoms with Crippen molar-refractivity contribution in [1.82, 2.24) is 9.88 Å². The number of aryl methyl sites for hydroxylation is 1. The Balaban J connectivity index is 2.76. The van der Waals surface area contributed by atoms with Gasteiger partial charge in [0.25, 0.3) is 0 Å². The molecule has 1 aromatic heterocycles. The SMILES string of the molecule is CCC(C)N(CC(=O)O)C(=O)Cc1ccc(C)nc1. The summed E-state index contributed by atoms with van der Waals surface area (Å²) in [6.45, 7) is 5.41. The van der Waals surface area contributed by atoms with Gasteiger partial charge in [-0.2, -0.15) is 0 Å². The third-order valence-corrected chi connectivity index (χ3v) is 3.08. The lowest BCUT2D eigenvalue weighted by Gasteiger charge is -2.27. The number of hydrogen-bond donors (Lipinski definition) is 1. The van der Waals surface area contributed by atoms with E-state index in [1.807, 2.05) is 32.9 Å². The van der Waals surface area contributed by atoms with Crippen LogP contribution in [-0.4, -0.2) is 39.5 Å². The van der Waals surface area contributed by atoms with Crippen LogP contribution in [0.1, 0.15) is 31.5 Å². The van der Waals surface area contributed by atoms with Crippen molar-refractivity contribution < 1.29 is 14.7 Å². The number of pyridine rings is 1. The van der Waals surface area contributed by atoms with E-state index in [-0.39, 0.29) is 24.9 Å². The van der Waals surface area contributed by atoms with E-state index >= 15 is 0 Å². The van der Waals surface area contributed by atoms with Crippen molar-refractivity contribution >= 4 is 11.9 Å². The standard InChI is InChI=1S/C14H20N2O3/c1-4-11(3)16(9-14(18)19)13(17)7-12-6-5-10(2)15-8-12/h5-6,8,11H,4,7,9H2,1-3H3,(H,18,19). The largest absolute Gasteiger partial charge is 0.480 e. The van der Waals surface area contributed by atoms with Crippen molar-refractivity contribution in [3.05, 3.63) is 29.6 Å². The van der Waals surface area contributed by atoms with Gasteiger partial charge in [-0.25, -0.2) is 0 Å². The summed E-state index contributed by atoms with van der Waals surface area (Å²) in [5.41, 5.74) is 1.69. The van der Waals surface area contributed by atoms with Crippen LogP contribution in [-0.2, 0) is 16.0 Å². The summed E-state index contributed by atoms with van der Waals surface area (Å²) >= 11 is 0. The highest BCUT2D eigenvalue weighted by Gasteiger charge is 2.21. The zero-order valence-corrected chi connectivity index (χ0v) is 11.6. The summed E-state index contributed by atoms with van der Waals surface area (Å²) in [5, 5.41) is 8.87. The molecule has 0 fully saturated rings. The molecule has 104 valence electrons. The molecule has 5 nitrogen and oxygen atoms in total. The Labute approximate surface area is 113 Å². The minimum absolute atomic E-state index is 0.0815. The van der Waals surface area contributed by atoms with Crippen LogP contribution >= 0.6 is 0 Å². The number of aliphatic carboxylic acids is 1. The molecule has 0 radical (unpaired) electrons. The zero-order chi connectivity index (χ0) is 14.4. The number of carbonyl (C=O) groups excluding carboxylic acids is 1. The minimum atomic E-state index is -0.990. The van der Waals surface area contributed by atoms with Crippen LogP contribution in [0, 0.1) is 6.92 Å². The fourth-order valence-electron chi connectivity index (χ4n) is 1.74. The van der Waals surface area contributed by atoms with E-state index in [9.17, 15) is 9.59 Å². The van der Waals surface area contributed by atoms with E-state index in [2.05, 4.69) is 4.98 Å². The average molecular weight is 264 g/mol. The van der Waals surface area contributed by atoms with Crippen LogP contribution in [0.2, 0.25) is 0 Å². The molecular formula is C14H20N2O3. The Bertz CT molecular complexity index is 443. The maximum Gasteiger partial charge on any atom is 0.323 e. The molecule has 0 bridgehead atoms. The van der Waals surface area contributed by atoms with Gasteiger partial charge in [-0.3, -0.25) is 14.6 Å². The van der Waals surface area contributed by atoms with Crippen LogP contribution in [0.5, 0.6) is 0 Å². The molecule has 19 heavy (non-hydrogen) atoms. The Morgan fingerprint density at radius 2 is 2.11 bits per heavy atom. The first-order valence-electron chi connectivity index (χ1n) is 6.36. The van der Waals surface area contributed by atoms with E-state index in [0.29, 0.717) is 0 Å². The van der Waals surface area contributed by atoms with Gasteiger partial charge in [0.2, 0.25) is 5.91 Å². The molecule has 5 heteroatoms. The molecule has 0 aromatic carbocycles. The minimum Gasteiger partial charge on any atom is -0.480 e. The number of hydrogen-bond acceptors (Lipinski definition) is 3. The van der Waals surface area contributed by atoms with Crippen molar-refractivity contribution in [1.29, 1.82) is 0 Å². The molecule has 0 saturated heterocycles. The maximum atomic E-state index is 12.2. The lowest BCUT2D eigenvalue weighted by atomic mass is 10.1. The summed E-state index contributed by atoms with van der Waals surface area (Å²) < 4.78 is 0. The van der Waals surface area contributed by atoms with Crippen molar-refractivity contribution in [3.63, 3.8) is 0 Å². The first-order chi connectivity index (χ1) is 8.93. The van der Waals surface area contributed by atoms with Crippen LogP contribution in [0.25, 0.3) is 0 Å². The number of carbonyl (C=O) groups is 2. The molecule has 1 rings (SSSR count). The highest BCUT2D eigenvalue weighted by molar-refractivity contribution is 5.83. The van der Waals surface area contributed by atoms with E-state index in [1.54, 1.807) is 6.20 Å². The molecule has 0 aliphatic carbocycles. The second kappa shape index (κ2) is 6.87. The Kier molecular flexibility index (Phi) is 5.48. The zero-order valence-electron chi connectivity index (χ0n) is 11.6. The Morgan fingerprint density at radius 1 is 1.42 bits per heavy atom. The normalized spacial score (nSPS) is 11.9. The molecular weight excluding hydrogens is 244 g/mol. The number of carboxylic acids is 1. The van der Waals surface area contributed by atoms with Crippen LogP contribution in [0.15, 0.2) is 18.3 Å². The number of nitrogens with zero attached hydrogens (tertiary/aromatic N) is 2. The van der Waals surface area contributed by atoms with E-state index in [0.717, 1.165) is 17.7 Å². The lowest BCUT2D eigenvalue weighted by Crippen LogP contribution is -2.42. The summed E-state index contributed by atoms with van der Waals surface area (Å²) in [7, 11) is 0. The Morgan fingerprint density at radius 3 is 2.58 bits per heavy atom. The molecule has 0 saturated carbocycles. The summed E-state index contributed by atoms with van der Waals surface area (Å²) in [4.78, 5) is 28.5. The molecule has 1 N–H and O–H groups in total. The van der Waals surface area contributed by atoms with Gasteiger partial charge in [0.05, 0.1) is 6.42 Å². The molecule has 1 unspecified atom stereocenters. The second-order valence-electron chi connectivity index (χ2n) is 4.66. The fraction of sp³-hybridized carbons (Fsp3) is 0.500. The average Bonchev–Trinajstić information content (AvgIpc) is 2.37. The Hall–Kier alpha value is -1.91. The monoisotopic (exact) mass is 264 g/mol. The quantitative estimate of drug-likeness (QED) is 0.848. The van der Waals surface area contributed by atoms with Crippen LogP contribution in [0.4, 0.5) is 0 Å². The molecule has 1 aromatic rings. The molecule has 1 heterocycles. The number of amides is 1. The third kappa shape index (κ3) is 4.69. The predicted molar refractivity (Wildman–Crippen MR) is 71.8 cm³/mol. The smallest absolute Gasteiger partial charge is 0.323 e. The molecule has 0 spiro atoms. The number of rotatable bonds is 6. The fourth-order valence-corrected chi connectivity index (χ4v) is 1.74. The van der Waals surface area contributed by atoms with Gasteiger partial charge in [-0.05, 0) is 31.9 Å². The van der Waals surface area contributed by atoms with Gasteiger partial charge in [0.1, 0.15) is 6.54 Å². The summed E-state index contributed by atoms with van der Waals surface area (Å²) in [6, 6.07) is 3.60. The van der Waals surface area contributed by atoms with Gasteiger partial charge >= 0.3 is 5.97 Å². The molecule has 0 aliphatic heterocycles. The van der Waals surface area contributed by atoms with Gasteiger partial charge in [0, 0.05) is 17.9 Å². The summed E-state index contributed by atoms with van der Waals surface area (Å²) in [6.07, 6.45) is 2.57. The highest BCUT2D eigenvalue weighted by atomic mass is 16.4. The lowest BCUT2D eigenvalue weighted by molar-refractivity contribution is -0.145. The van der Waals surface area contributed by atoms with E-state index < -0.39 is 5.97 Å². The first-order valence-corrected chi connectivity index (χ1v) is 6.36. The topological polar surface area (TPSA) is 70.5 Å². The first kappa shape index (κ1) is 15.1. The van der Waals surface area contributed by atoms with Crippen LogP contribution < -0.4 is 0 Å². The van der Waals surface area contributed by atoms with Crippen molar-refractivity contribution in [2.24, 2.45) is 0 Å². The van der Waals surface area contributed by atoms with Gasteiger partial charge in [-0.15, -0.1) is 0 Å². The number of carboxylic acid groups (broad SMARTS) is 1. The number of aromatic nitrogens is 1. The molecule has 0 aliphatic rings. The highest BCUT2D eigenvalue weighted by Crippen LogP contribution is 2.08. The van der Waals surface area contributed by atoms with E-state index in [4.69, 9.17) is 5.11 Å². The van der Waals surface area contributed by atoms with Gasteiger partial charge in [-0.1, -0.05) is 13.0 Å². The predicted octanol–water partition coefficient (Wildman–Crippen LogP) is 1.64. The molecule has 1 amide bonds. The maximum absolute atomic E-state index is 12.2. The van der Waals surface area contributed by atoms with Crippen molar-refractivity contribution in [2.45, 2.75) is 39.7 Å². The van der Waals surface area contributed by atoms with Crippen molar-refractivity contribution in [3.8, 4) is 0 Å². The van der Waals surface area contributed by atoms with Gasteiger partial charge < -0.3 is 10.0 Å².